The molecule has 3 nitrogen and oxygen atoms in total. The lowest BCUT2D eigenvalue weighted by Gasteiger charge is -2.45. The van der Waals surface area contributed by atoms with Crippen molar-refractivity contribution in [3.63, 3.8) is 0 Å². The van der Waals surface area contributed by atoms with Crippen molar-refractivity contribution in [2.45, 2.75) is 64.5 Å². The topological polar surface area (TPSA) is 42.1 Å². The van der Waals surface area contributed by atoms with E-state index in [1.165, 1.54) is 17.7 Å². The van der Waals surface area contributed by atoms with Gasteiger partial charge in [-0.3, -0.25) is 9.88 Å². The van der Waals surface area contributed by atoms with Crippen molar-refractivity contribution in [2.24, 2.45) is 5.73 Å². The average molecular weight is 275 g/mol. The zero-order valence-electron chi connectivity index (χ0n) is 13.4. The molecule has 2 rings (SSSR count). The number of nitrogens with zero attached hydrogens (tertiary/aromatic N) is 2. The van der Waals surface area contributed by atoms with Gasteiger partial charge in [-0.2, -0.15) is 0 Å². The molecule has 0 aliphatic heterocycles. The lowest BCUT2D eigenvalue weighted by molar-refractivity contribution is 0.0922. The second-order valence-electron chi connectivity index (χ2n) is 6.40. The fraction of sp³-hybridized carbons (Fsp3) is 0.706. The Hall–Kier alpha value is -0.930. The Labute approximate surface area is 123 Å². The van der Waals surface area contributed by atoms with Gasteiger partial charge in [0.05, 0.1) is 0 Å². The van der Waals surface area contributed by atoms with Crippen LogP contribution < -0.4 is 5.73 Å². The minimum Gasteiger partial charge on any atom is -0.326 e. The third-order valence-corrected chi connectivity index (χ3v) is 5.07. The van der Waals surface area contributed by atoms with Crippen molar-refractivity contribution in [3.05, 3.63) is 29.6 Å². The van der Waals surface area contributed by atoms with Gasteiger partial charge in [0.25, 0.3) is 0 Å². The van der Waals surface area contributed by atoms with E-state index in [0.717, 1.165) is 25.9 Å². The molecule has 112 valence electrons. The monoisotopic (exact) mass is 275 g/mol. The third-order valence-electron chi connectivity index (χ3n) is 5.07. The Morgan fingerprint density at radius 2 is 2.10 bits per heavy atom. The molecule has 2 unspecified atom stereocenters. The van der Waals surface area contributed by atoms with E-state index in [-0.39, 0.29) is 11.6 Å². The van der Waals surface area contributed by atoms with Crippen LogP contribution in [-0.2, 0) is 6.42 Å². The fourth-order valence-electron chi connectivity index (χ4n) is 3.74. The van der Waals surface area contributed by atoms with E-state index in [9.17, 15) is 0 Å². The zero-order chi connectivity index (χ0) is 14.8. The van der Waals surface area contributed by atoms with Gasteiger partial charge in [0.2, 0.25) is 0 Å². The summed E-state index contributed by atoms with van der Waals surface area (Å²) < 4.78 is 0. The summed E-state index contributed by atoms with van der Waals surface area (Å²) in [6, 6.07) is 4.38. The number of likely N-dealkylation sites (N-methyl/N-ethyl adjacent to an activating group) is 1. The van der Waals surface area contributed by atoms with Gasteiger partial charge in [-0.15, -0.1) is 0 Å². The van der Waals surface area contributed by atoms with Crippen molar-refractivity contribution < 1.29 is 0 Å². The lowest BCUT2D eigenvalue weighted by atomic mass is 9.75. The van der Waals surface area contributed by atoms with Crippen molar-refractivity contribution in [1.29, 1.82) is 0 Å². The molecule has 0 saturated heterocycles. The number of aryl methyl sites for hydroxylation is 1. The predicted octanol–water partition coefficient (Wildman–Crippen LogP) is 2.95. The molecule has 0 amide bonds. The molecule has 0 radical (unpaired) electrons. The maximum atomic E-state index is 6.71. The first-order valence-corrected chi connectivity index (χ1v) is 7.96. The van der Waals surface area contributed by atoms with E-state index in [1.807, 2.05) is 12.3 Å². The predicted molar refractivity (Wildman–Crippen MR) is 84.9 cm³/mol. The van der Waals surface area contributed by atoms with E-state index >= 15 is 0 Å². The SMILES string of the molecule is CCN(CC)C(C)(C)C(N)C1CCCc2cccnc21. The van der Waals surface area contributed by atoms with Crippen LogP contribution in [0.5, 0.6) is 0 Å². The minimum absolute atomic E-state index is 0.000296. The highest BCUT2D eigenvalue weighted by atomic mass is 15.2. The van der Waals surface area contributed by atoms with E-state index < -0.39 is 0 Å². The Balaban J connectivity index is 2.28. The van der Waals surface area contributed by atoms with Crippen LogP contribution in [0.25, 0.3) is 0 Å². The van der Waals surface area contributed by atoms with Crippen molar-refractivity contribution in [1.82, 2.24) is 9.88 Å². The maximum Gasteiger partial charge on any atom is 0.0482 e. The van der Waals surface area contributed by atoms with Gasteiger partial charge >= 0.3 is 0 Å². The highest BCUT2D eigenvalue weighted by Crippen LogP contribution is 2.36. The van der Waals surface area contributed by atoms with E-state index in [1.54, 1.807) is 0 Å². The number of aromatic nitrogens is 1. The quantitative estimate of drug-likeness (QED) is 0.898. The average Bonchev–Trinajstić information content (AvgIpc) is 2.47. The number of hydrogen-bond acceptors (Lipinski definition) is 3. The second-order valence-corrected chi connectivity index (χ2v) is 6.40. The smallest absolute Gasteiger partial charge is 0.0482 e. The number of rotatable bonds is 5. The van der Waals surface area contributed by atoms with Gasteiger partial charge in [-0.1, -0.05) is 19.9 Å². The Bertz CT molecular complexity index is 438. The molecule has 1 heterocycles. The summed E-state index contributed by atoms with van der Waals surface area (Å²) in [5.74, 6) is 0.385. The van der Waals surface area contributed by atoms with E-state index in [4.69, 9.17) is 5.73 Å². The minimum atomic E-state index is 0.000296. The first-order valence-electron chi connectivity index (χ1n) is 7.96. The number of pyridine rings is 1. The molecule has 0 spiro atoms. The highest BCUT2D eigenvalue weighted by Gasteiger charge is 2.39. The molecule has 3 heteroatoms. The summed E-state index contributed by atoms with van der Waals surface area (Å²) in [7, 11) is 0. The van der Waals surface area contributed by atoms with E-state index in [2.05, 4.69) is 43.6 Å². The van der Waals surface area contributed by atoms with Gasteiger partial charge in [-0.05, 0) is 57.8 Å². The van der Waals surface area contributed by atoms with Crippen LogP contribution in [0.4, 0.5) is 0 Å². The molecule has 0 saturated carbocycles. The van der Waals surface area contributed by atoms with Crippen molar-refractivity contribution in [2.75, 3.05) is 13.1 Å². The molecule has 1 aliphatic carbocycles. The molecular weight excluding hydrogens is 246 g/mol. The highest BCUT2D eigenvalue weighted by molar-refractivity contribution is 5.28. The lowest BCUT2D eigenvalue weighted by Crippen LogP contribution is -2.58. The third kappa shape index (κ3) is 2.75. The van der Waals surface area contributed by atoms with Crippen LogP contribution in [0.2, 0.25) is 0 Å². The first-order chi connectivity index (χ1) is 9.52. The van der Waals surface area contributed by atoms with Crippen LogP contribution in [0, 0.1) is 0 Å². The van der Waals surface area contributed by atoms with Crippen LogP contribution in [0.3, 0.4) is 0 Å². The maximum absolute atomic E-state index is 6.71. The van der Waals surface area contributed by atoms with Gasteiger partial charge in [0, 0.05) is 29.4 Å². The molecule has 0 aromatic carbocycles. The van der Waals surface area contributed by atoms with Crippen LogP contribution >= 0.6 is 0 Å². The first kappa shape index (κ1) is 15.5. The standard InChI is InChI=1S/C17H29N3/c1-5-20(6-2)17(3,4)16(18)14-11-7-9-13-10-8-12-19-15(13)14/h8,10,12,14,16H,5-7,9,11,18H2,1-4H3. The molecule has 1 aliphatic rings. The van der Waals surface area contributed by atoms with Crippen molar-refractivity contribution in [3.8, 4) is 0 Å². The van der Waals surface area contributed by atoms with Gasteiger partial charge in [-0.25, -0.2) is 0 Å². The molecule has 2 atom stereocenters. The normalized spacial score (nSPS) is 20.8. The Kier molecular flexibility index (Phi) is 4.82. The fourth-order valence-corrected chi connectivity index (χ4v) is 3.74. The number of fused-ring (bicyclic) bond motifs is 1. The molecular formula is C17H29N3. The van der Waals surface area contributed by atoms with Gasteiger partial charge < -0.3 is 5.73 Å². The van der Waals surface area contributed by atoms with Crippen LogP contribution in [0.15, 0.2) is 18.3 Å². The summed E-state index contributed by atoms with van der Waals surface area (Å²) >= 11 is 0. The number of hydrogen-bond donors (Lipinski definition) is 1. The van der Waals surface area contributed by atoms with Gasteiger partial charge in [0.1, 0.15) is 0 Å². The largest absolute Gasteiger partial charge is 0.326 e. The van der Waals surface area contributed by atoms with E-state index in [0.29, 0.717) is 5.92 Å². The molecule has 0 bridgehead atoms. The summed E-state index contributed by atoms with van der Waals surface area (Å²) in [4.78, 5) is 7.11. The second kappa shape index (κ2) is 6.23. The summed E-state index contributed by atoms with van der Waals surface area (Å²) in [5.41, 5.74) is 9.35. The molecule has 20 heavy (non-hydrogen) atoms. The molecule has 0 fully saturated rings. The number of nitrogens with two attached hydrogens (primary N) is 1. The van der Waals surface area contributed by atoms with Crippen molar-refractivity contribution >= 4 is 0 Å². The zero-order valence-corrected chi connectivity index (χ0v) is 13.4. The molecule has 1 aromatic rings. The molecule has 2 N–H and O–H groups in total. The summed E-state index contributed by atoms with van der Waals surface area (Å²) in [6.07, 6.45) is 5.45. The van der Waals surface area contributed by atoms with Crippen LogP contribution in [-0.4, -0.2) is 34.6 Å². The van der Waals surface area contributed by atoms with Gasteiger partial charge in [0.15, 0.2) is 0 Å². The summed E-state index contributed by atoms with van der Waals surface area (Å²) in [6.45, 7) is 11.1. The molecule has 1 aromatic heterocycles. The van der Waals surface area contributed by atoms with Crippen LogP contribution in [0.1, 0.15) is 57.7 Å². The Morgan fingerprint density at radius 1 is 1.40 bits per heavy atom. The Morgan fingerprint density at radius 3 is 2.75 bits per heavy atom. The summed E-state index contributed by atoms with van der Waals surface area (Å²) in [5, 5.41) is 0.